The molecule has 0 spiro atoms. The maximum atomic E-state index is 11.6. The van der Waals surface area contributed by atoms with Crippen molar-refractivity contribution in [2.45, 2.75) is 50.0 Å². The molecule has 0 aromatic rings. The molecule has 0 aromatic heterocycles. The average Bonchev–Trinajstić information content (AvgIpc) is 2.20. The Bertz CT molecular complexity index is 345. The first-order chi connectivity index (χ1) is 7.33. The second kappa shape index (κ2) is 5.11. The van der Waals surface area contributed by atoms with Crippen LogP contribution in [0.15, 0.2) is 0 Å². The zero-order chi connectivity index (χ0) is 12.3. The first-order valence-corrected chi connectivity index (χ1v) is 6.79. The van der Waals surface area contributed by atoms with Gasteiger partial charge in [-0.1, -0.05) is 0 Å². The molecule has 1 rings (SSSR count). The predicted octanol–water partition coefficient (Wildman–Crippen LogP) is -0.318. The second-order valence-electron chi connectivity index (χ2n) is 4.15. The lowest BCUT2D eigenvalue weighted by Gasteiger charge is -2.26. The van der Waals surface area contributed by atoms with E-state index in [-0.39, 0.29) is 12.1 Å². The quantitative estimate of drug-likeness (QED) is 0.635. The summed E-state index contributed by atoms with van der Waals surface area (Å²) in [5.74, 6) is -1.36. The van der Waals surface area contributed by atoms with Crippen molar-refractivity contribution in [3.05, 3.63) is 0 Å². The van der Waals surface area contributed by atoms with Crippen molar-refractivity contribution in [3.8, 4) is 0 Å². The molecule has 0 saturated heterocycles. The van der Waals surface area contributed by atoms with E-state index in [4.69, 9.17) is 5.11 Å². The number of carbonyl (C=O) groups is 1. The van der Waals surface area contributed by atoms with E-state index in [1.54, 1.807) is 0 Å². The molecular weight excluding hydrogens is 234 g/mol. The number of hydrogen-bond donors (Lipinski definition) is 3. The molecule has 16 heavy (non-hydrogen) atoms. The summed E-state index contributed by atoms with van der Waals surface area (Å²) in [6.07, 6.45) is 1.83. The van der Waals surface area contributed by atoms with Crippen molar-refractivity contribution >= 4 is 16.0 Å². The van der Waals surface area contributed by atoms with Crippen LogP contribution in [0.5, 0.6) is 0 Å². The van der Waals surface area contributed by atoms with E-state index in [2.05, 4.69) is 4.72 Å². The van der Waals surface area contributed by atoms with Gasteiger partial charge in [0.25, 0.3) is 0 Å². The van der Waals surface area contributed by atoms with Crippen LogP contribution in [0.25, 0.3) is 0 Å². The summed E-state index contributed by atoms with van der Waals surface area (Å²) in [6, 6.07) is -0.254. The van der Waals surface area contributed by atoms with Gasteiger partial charge in [0, 0.05) is 6.04 Å². The fourth-order valence-electron chi connectivity index (χ4n) is 1.66. The van der Waals surface area contributed by atoms with E-state index in [1.165, 1.54) is 0 Å². The summed E-state index contributed by atoms with van der Waals surface area (Å²) in [5.41, 5.74) is 0. The Kier molecular flexibility index (Phi) is 4.28. The van der Waals surface area contributed by atoms with Crippen LogP contribution in [0.2, 0.25) is 0 Å². The maximum Gasteiger partial charge on any atom is 0.323 e. The lowest BCUT2D eigenvalue weighted by Crippen LogP contribution is -2.44. The molecule has 0 radical (unpaired) electrons. The number of aliphatic carboxylic acids is 1. The Hall–Kier alpha value is -0.660. The van der Waals surface area contributed by atoms with Gasteiger partial charge in [0.05, 0.1) is 6.10 Å². The summed E-state index contributed by atoms with van der Waals surface area (Å²) >= 11 is 0. The zero-order valence-electron chi connectivity index (χ0n) is 9.09. The monoisotopic (exact) mass is 251 g/mol. The lowest BCUT2D eigenvalue weighted by atomic mass is 9.94. The van der Waals surface area contributed by atoms with Crippen molar-refractivity contribution in [2.24, 2.45) is 0 Å². The molecule has 1 fully saturated rings. The number of rotatable bonds is 4. The maximum absolute atomic E-state index is 11.6. The van der Waals surface area contributed by atoms with Gasteiger partial charge in [-0.05, 0) is 32.6 Å². The molecule has 7 heteroatoms. The molecule has 1 unspecified atom stereocenters. The highest BCUT2D eigenvalue weighted by molar-refractivity contribution is 7.90. The van der Waals surface area contributed by atoms with E-state index in [1.807, 2.05) is 0 Å². The Morgan fingerprint density at radius 1 is 1.31 bits per heavy atom. The van der Waals surface area contributed by atoms with Crippen LogP contribution in [-0.4, -0.2) is 42.0 Å². The Morgan fingerprint density at radius 2 is 1.81 bits per heavy atom. The molecule has 0 heterocycles. The predicted molar refractivity (Wildman–Crippen MR) is 57.4 cm³/mol. The van der Waals surface area contributed by atoms with E-state index >= 15 is 0 Å². The number of hydrogen-bond acceptors (Lipinski definition) is 4. The Labute approximate surface area is 94.7 Å². The van der Waals surface area contributed by atoms with Gasteiger partial charge in [0.15, 0.2) is 5.25 Å². The lowest BCUT2D eigenvalue weighted by molar-refractivity contribution is -0.136. The van der Waals surface area contributed by atoms with Crippen LogP contribution in [0.4, 0.5) is 0 Å². The van der Waals surface area contributed by atoms with Gasteiger partial charge in [0.2, 0.25) is 10.0 Å². The summed E-state index contributed by atoms with van der Waals surface area (Å²) in [4.78, 5) is 10.6. The molecule has 6 nitrogen and oxygen atoms in total. The number of carboxylic acid groups (broad SMARTS) is 1. The largest absolute Gasteiger partial charge is 0.480 e. The second-order valence-corrected chi connectivity index (χ2v) is 6.18. The van der Waals surface area contributed by atoms with Crippen molar-refractivity contribution in [1.82, 2.24) is 4.72 Å². The van der Waals surface area contributed by atoms with Gasteiger partial charge < -0.3 is 10.2 Å². The summed E-state index contributed by atoms with van der Waals surface area (Å²) in [7, 11) is -3.81. The van der Waals surface area contributed by atoms with Crippen LogP contribution in [-0.2, 0) is 14.8 Å². The standard InChI is InChI=1S/C9H17NO5S/c1-6(9(12)13)16(14,15)10-7-2-4-8(11)5-3-7/h6-8,10-11H,2-5H2,1H3,(H,12,13). The fraction of sp³-hybridized carbons (Fsp3) is 0.889. The van der Waals surface area contributed by atoms with Crippen molar-refractivity contribution < 1.29 is 23.4 Å². The normalized spacial score (nSPS) is 28.6. The van der Waals surface area contributed by atoms with E-state index in [0.717, 1.165) is 6.92 Å². The molecule has 1 aliphatic carbocycles. The highest BCUT2D eigenvalue weighted by Crippen LogP contribution is 2.19. The number of sulfonamides is 1. The minimum atomic E-state index is -3.81. The van der Waals surface area contributed by atoms with Gasteiger partial charge in [-0.3, -0.25) is 4.79 Å². The molecular formula is C9H17NO5S. The molecule has 0 bridgehead atoms. The van der Waals surface area contributed by atoms with Crippen LogP contribution in [0.3, 0.4) is 0 Å². The highest BCUT2D eigenvalue weighted by atomic mass is 32.2. The minimum absolute atomic E-state index is 0.254. The van der Waals surface area contributed by atoms with E-state index < -0.39 is 21.2 Å². The number of aliphatic hydroxyl groups excluding tert-OH is 1. The Morgan fingerprint density at radius 3 is 2.25 bits per heavy atom. The third kappa shape index (κ3) is 3.43. The fourth-order valence-corrected chi connectivity index (χ4v) is 2.83. The molecule has 1 aliphatic rings. The van der Waals surface area contributed by atoms with Crippen LogP contribution in [0.1, 0.15) is 32.6 Å². The first kappa shape index (κ1) is 13.4. The van der Waals surface area contributed by atoms with Crippen LogP contribution >= 0.6 is 0 Å². The van der Waals surface area contributed by atoms with E-state index in [9.17, 15) is 18.3 Å². The van der Waals surface area contributed by atoms with Crippen LogP contribution in [0, 0.1) is 0 Å². The summed E-state index contributed by atoms with van der Waals surface area (Å²) in [6.45, 7) is 1.14. The zero-order valence-corrected chi connectivity index (χ0v) is 9.90. The smallest absolute Gasteiger partial charge is 0.323 e. The van der Waals surface area contributed by atoms with Crippen LogP contribution < -0.4 is 4.72 Å². The summed E-state index contributed by atoms with van der Waals surface area (Å²) in [5, 5.41) is 16.4. The molecule has 1 saturated carbocycles. The average molecular weight is 251 g/mol. The molecule has 0 aliphatic heterocycles. The van der Waals surface area contributed by atoms with Gasteiger partial charge >= 0.3 is 5.97 Å². The molecule has 3 N–H and O–H groups in total. The molecule has 1 atom stereocenters. The SMILES string of the molecule is CC(C(=O)O)S(=O)(=O)NC1CCC(O)CC1. The van der Waals surface area contributed by atoms with Crippen molar-refractivity contribution in [3.63, 3.8) is 0 Å². The highest BCUT2D eigenvalue weighted by Gasteiger charge is 2.31. The minimum Gasteiger partial charge on any atom is -0.480 e. The van der Waals surface area contributed by atoms with Crippen molar-refractivity contribution in [1.29, 1.82) is 0 Å². The third-order valence-electron chi connectivity index (χ3n) is 2.84. The van der Waals surface area contributed by atoms with Crippen molar-refractivity contribution in [2.75, 3.05) is 0 Å². The van der Waals surface area contributed by atoms with Gasteiger partial charge in [0.1, 0.15) is 0 Å². The van der Waals surface area contributed by atoms with Gasteiger partial charge in [-0.25, -0.2) is 13.1 Å². The number of carboxylic acids is 1. The van der Waals surface area contributed by atoms with Gasteiger partial charge in [-0.2, -0.15) is 0 Å². The Balaban J connectivity index is 2.56. The third-order valence-corrected chi connectivity index (χ3v) is 4.64. The molecule has 94 valence electrons. The topological polar surface area (TPSA) is 104 Å². The summed E-state index contributed by atoms with van der Waals surface area (Å²) < 4.78 is 25.5. The van der Waals surface area contributed by atoms with E-state index in [0.29, 0.717) is 25.7 Å². The molecule has 0 aromatic carbocycles. The van der Waals surface area contributed by atoms with Gasteiger partial charge in [-0.15, -0.1) is 0 Å². The molecule has 0 amide bonds. The number of aliphatic hydroxyl groups is 1. The number of nitrogens with one attached hydrogen (secondary N) is 1. The first-order valence-electron chi connectivity index (χ1n) is 5.25.